The van der Waals surface area contributed by atoms with Gasteiger partial charge in [-0.25, -0.2) is 0 Å². The Bertz CT molecular complexity index is 415. The molecular formula is C16H23ClN2O. The van der Waals surface area contributed by atoms with Crippen molar-refractivity contribution in [2.45, 2.75) is 18.9 Å². The first-order chi connectivity index (χ1) is 9.85. The Balaban J connectivity index is 1.50. The predicted molar refractivity (Wildman–Crippen MR) is 82.8 cm³/mol. The first-order valence-electron chi connectivity index (χ1n) is 7.60. The van der Waals surface area contributed by atoms with E-state index in [9.17, 15) is 0 Å². The number of halogens is 1. The van der Waals surface area contributed by atoms with Crippen LogP contribution in [0.25, 0.3) is 0 Å². The zero-order valence-electron chi connectivity index (χ0n) is 11.9. The number of ether oxygens (including phenoxy) is 1. The van der Waals surface area contributed by atoms with Crippen molar-refractivity contribution in [3.8, 4) is 5.75 Å². The lowest BCUT2D eigenvalue weighted by molar-refractivity contribution is 0.152. The Morgan fingerprint density at radius 2 is 1.90 bits per heavy atom. The van der Waals surface area contributed by atoms with Crippen LogP contribution in [-0.2, 0) is 6.42 Å². The summed E-state index contributed by atoms with van der Waals surface area (Å²) in [6.07, 6.45) is 2.61. The topological polar surface area (TPSA) is 15.7 Å². The van der Waals surface area contributed by atoms with Gasteiger partial charge in [-0.3, -0.25) is 4.90 Å². The number of rotatable bonds is 4. The highest BCUT2D eigenvalue weighted by molar-refractivity contribution is 6.18. The summed E-state index contributed by atoms with van der Waals surface area (Å²) in [5.41, 5.74) is 1.36. The average Bonchev–Trinajstić information content (AvgIpc) is 2.73. The molecule has 0 radical (unpaired) electrons. The molecule has 4 heteroatoms. The fourth-order valence-corrected chi connectivity index (χ4v) is 3.43. The minimum absolute atomic E-state index is 0.326. The van der Waals surface area contributed by atoms with Crippen LogP contribution in [-0.4, -0.2) is 61.1 Å². The summed E-state index contributed by atoms with van der Waals surface area (Å²) in [7, 11) is 0. The smallest absolute Gasteiger partial charge is 0.123 e. The maximum atomic E-state index is 6.05. The minimum atomic E-state index is 0.326. The maximum absolute atomic E-state index is 6.05. The number of alkyl halides is 1. The summed E-state index contributed by atoms with van der Waals surface area (Å²) >= 11 is 5.84. The van der Waals surface area contributed by atoms with E-state index in [0.717, 1.165) is 44.2 Å². The van der Waals surface area contributed by atoms with E-state index in [1.807, 2.05) is 0 Å². The largest absolute Gasteiger partial charge is 0.488 e. The van der Waals surface area contributed by atoms with Gasteiger partial charge in [0.25, 0.3) is 0 Å². The standard InChI is InChI=1S/C16H23ClN2O/c17-6-9-18-7-3-8-19(11-10-18)13-15-12-14-4-1-2-5-16(14)20-15/h1-2,4-5,15H,3,6-13H2. The number of hydrogen-bond donors (Lipinski definition) is 0. The third kappa shape index (κ3) is 3.46. The van der Waals surface area contributed by atoms with Crippen molar-refractivity contribution in [2.75, 3.05) is 45.1 Å². The molecule has 1 aromatic rings. The molecule has 1 aromatic carbocycles. The second kappa shape index (κ2) is 6.79. The summed E-state index contributed by atoms with van der Waals surface area (Å²) in [5.74, 6) is 1.82. The van der Waals surface area contributed by atoms with Crippen LogP contribution >= 0.6 is 11.6 Å². The number of benzene rings is 1. The monoisotopic (exact) mass is 294 g/mol. The molecule has 2 heterocycles. The molecule has 1 atom stereocenters. The Morgan fingerprint density at radius 3 is 2.75 bits per heavy atom. The molecular weight excluding hydrogens is 272 g/mol. The van der Waals surface area contributed by atoms with Gasteiger partial charge in [0, 0.05) is 38.5 Å². The lowest BCUT2D eigenvalue weighted by Crippen LogP contribution is -2.37. The zero-order chi connectivity index (χ0) is 13.8. The highest BCUT2D eigenvalue weighted by Crippen LogP contribution is 2.28. The second-order valence-electron chi connectivity index (χ2n) is 5.74. The fourth-order valence-electron chi connectivity index (χ4n) is 3.19. The SMILES string of the molecule is ClCCN1CCCN(CC2Cc3ccccc3O2)CC1. The van der Waals surface area contributed by atoms with Crippen molar-refractivity contribution >= 4 is 11.6 Å². The molecule has 2 aliphatic heterocycles. The van der Waals surface area contributed by atoms with Crippen molar-refractivity contribution in [1.82, 2.24) is 9.80 Å². The normalized spacial score (nSPS) is 24.1. The fraction of sp³-hybridized carbons (Fsp3) is 0.625. The molecule has 1 fully saturated rings. The van der Waals surface area contributed by atoms with Gasteiger partial charge in [-0.05, 0) is 31.1 Å². The van der Waals surface area contributed by atoms with E-state index < -0.39 is 0 Å². The molecule has 0 N–H and O–H groups in total. The van der Waals surface area contributed by atoms with Crippen LogP contribution in [0.2, 0.25) is 0 Å². The highest BCUT2D eigenvalue weighted by atomic mass is 35.5. The number of nitrogens with zero attached hydrogens (tertiary/aromatic N) is 2. The van der Waals surface area contributed by atoms with E-state index in [1.54, 1.807) is 0 Å². The van der Waals surface area contributed by atoms with Crippen molar-refractivity contribution in [2.24, 2.45) is 0 Å². The van der Waals surface area contributed by atoms with Crippen LogP contribution in [0.15, 0.2) is 24.3 Å². The second-order valence-corrected chi connectivity index (χ2v) is 6.11. The van der Waals surface area contributed by atoms with Crippen LogP contribution < -0.4 is 4.74 Å². The van der Waals surface area contributed by atoms with Crippen molar-refractivity contribution in [3.05, 3.63) is 29.8 Å². The van der Waals surface area contributed by atoms with E-state index in [4.69, 9.17) is 16.3 Å². The zero-order valence-corrected chi connectivity index (χ0v) is 12.7. The van der Waals surface area contributed by atoms with Crippen LogP contribution in [0.1, 0.15) is 12.0 Å². The van der Waals surface area contributed by atoms with Crippen LogP contribution in [0.3, 0.4) is 0 Å². The molecule has 1 unspecified atom stereocenters. The van der Waals surface area contributed by atoms with E-state index >= 15 is 0 Å². The van der Waals surface area contributed by atoms with E-state index in [0.29, 0.717) is 6.10 Å². The summed E-state index contributed by atoms with van der Waals surface area (Å²) in [6, 6.07) is 8.41. The van der Waals surface area contributed by atoms with Crippen LogP contribution in [0.4, 0.5) is 0 Å². The third-order valence-corrected chi connectivity index (χ3v) is 4.43. The Labute approximate surface area is 126 Å². The molecule has 2 aliphatic rings. The van der Waals surface area contributed by atoms with Crippen molar-refractivity contribution in [3.63, 3.8) is 0 Å². The van der Waals surface area contributed by atoms with E-state index in [1.165, 1.54) is 25.1 Å². The first-order valence-corrected chi connectivity index (χ1v) is 8.14. The number of para-hydroxylation sites is 1. The molecule has 0 aliphatic carbocycles. The van der Waals surface area contributed by atoms with Crippen LogP contribution in [0, 0.1) is 0 Å². The number of hydrogen-bond acceptors (Lipinski definition) is 3. The van der Waals surface area contributed by atoms with E-state index in [2.05, 4.69) is 34.1 Å². The summed E-state index contributed by atoms with van der Waals surface area (Å²) in [6.45, 7) is 6.67. The Kier molecular flexibility index (Phi) is 4.81. The van der Waals surface area contributed by atoms with Crippen molar-refractivity contribution < 1.29 is 4.74 Å². The predicted octanol–water partition coefficient (Wildman–Crippen LogP) is 2.24. The van der Waals surface area contributed by atoms with E-state index in [-0.39, 0.29) is 0 Å². The van der Waals surface area contributed by atoms with Crippen LogP contribution in [0.5, 0.6) is 5.75 Å². The van der Waals surface area contributed by atoms with Gasteiger partial charge < -0.3 is 9.64 Å². The summed E-state index contributed by atoms with van der Waals surface area (Å²) < 4.78 is 6.05. The molecule has 0 spiro atoms. The molecule has 0 amide bonds. The molecule has 0 aromatic heterocycles. The van der Waals surface area contributed by atoms with Gasteiger partial charge in [0.2, 0.25) is 0 Å². The number of fused-ring (bicyclic) bond motifs is 1. The highest BCUT2D eigenvalue weighted by Gasteiger charge is 2.25. The minimum Gasteiger partial charge on any atom is -0.488 e. The van der Waals surface area contributed by atoms with Gasteiger partial charge in [-0.2, -0.15) is 0 Å². The molecule has 0 bridgehead atoms. The van der Waals surface area contributed by atoms with Gasteiger partial charge in [0.15, 0.2) is 0 Å². The molecule has 0 saturated carbocycles. The summed E-state index contributed by atoms with van der Waals surface area (Å²) in [5, 5.41) is 0. The summed E-state index contributed by atoms with van der Waals surface area (Å²) in [4.78, 5) is 5.02. The van der Waals surface area contributed by atoms with Gasteiger partial charge in [-0.1, -0.05) is 18.2 Å². The Hall–Kier alpha value is -0.770. The van der Waals surface area contributed by atoms with Gasteiger partial charge in [0.05, 0.1) is 0 Å². The molecule has 110 valence electrons. The van der Waals surface area contributed by atoms with Crippen molar-refractivity contribution in [1.29, 1.82) is 0 Å². The third-order valence-electron chi connectivity index (χ3n) is 4.26. The average molecular weight is 295 g/mol. The molecule has 3 rings (SSSR count). The van der Waals surface area contributed by atoms with Gasteiger partial charge in [0.1, 0.15) is 11.9 Å². The first kappa shape index (κ1) is 14.2. The molecule has 1 saturated heterocycles. The quantitative estimate of drug-likeness (QED) is 0.792. The lowest BCUT2D eigenvalue weighted by Gasteiger charge is -2.24. The molecule has 20 heavy (non-hydrogen) atoms. The maximum Gasteiger partial charge on any atom is 0.123 e. The molecule has 3 nitrogen and oxygen atoms in total. The van der Waals surface area contributed by atoms with Gasteiger partial charge >= 0.3 is 0 Å². The van der Waals surface area contributed by atoms with Gasteiger partial charge in [-0.15, -0.1) is 11.6 Å². The Morgan fingerprint density at radius 1 is 1.10 bits per heavy atom. The lowest BCUT2D eigenvalue weighted by atomic mass is 10.1.